The van der Waals surface area contributed by atoms with Crippen molar-refractivity contribution in [1.29, 1.82) is 0 Å². The summed E-state index contributed by atoms with van der Waals surface area (Å²) in [6.45, 7) is 4.37. The number of benzene rings is 2. The fourth-order valence-electron chi connectivity index (χ4n) is 3.78. The van der Waals surface area contributed by atoms with Gasteiger partial charge in [-0.2, -0.15) is 0 Å². The zero-order valence-corrected chi connectivity index (χ0v) is 17.3. The number of hydrogen-bond acceptors (Lipinski definition) is 4. The number of carbonyl (C=O) groups excluding carboxylic acids is 1. The van der Waals surface area contributed by atoms with Gasteiger partial charge in [0.2, 0.25) is 15.9 Å². The molecular weight excluding hydrogens is 388 g/mol. The summed E-state index contributed by atoms with van der Waals surface area (Å²) in [6.07, 6.45) is 1.36. The van der Waals surface area contributed by atoms with Gasteiger partial charge in [0.1, 0.15) is 11.9 Å². The SMILES string of the molecule is CCc1nc2ccccc2n1[C@H](C)C(=O)Nc1ccc(N2CCCS2(=O)=O)cc1. The van der Waals surface area contributed by atoms with Gasteiger partial charge >= 0.3 is 0 Å². The number of aryl methyl sites for hydroxylation is 1. The highest BCUT2D eigenvalue weighted by Crippen LogP contribution is 2.26. The van der Waals surface area contributed by atoms with Crippen LogP contribution >= 0.6 is 0 Å². The maximum absolute atomic E-state index is 12.9. The lowest BCUT2D eigenvalue weighted by atomic mass is 10.2. The molecule has 8 heteroatoms. The van der Waals surface area contributed by atoms with Gasteiger partial charge in [-0.3, -0.25) is 9.10 Å². The molecule has 2 heterocycles. The molecule has 1 saturated heterocycles. The number of imidazole rings is 1. The van der Waals surface area contributed by atoms with Crippen LogP contribution in [0.25, 0.3) is 11.0 Å². The van der Waals surface area contributed by atoms with Crippen LogP contribution in [0.1, 0.15) is 32.1 Å². The number of amides is 1. The molecular formula is C21H24N4O3S. The van der Waals surface area contributed by atoms with Gasteiger partial charge in [0.25, 0.3) is 0 Å². The third kappa shape index (κ3) is 3.60. The maximum atomic E-state index is 12.9. The molecule has 1 aliphatic rings. The highest BCUT2D eigenvalue weighted by Gasteiger charge is 2.28. The summed E-state index contributed by atoms with van der Waals surface area (Å²) >= 11 is 0. The zero-order chi connectivity index (χ0) is 20.6. The van der Waals surface area contributed by atoms with Crippen LogP contribution < -0.4 is 9.62 Å². The lowest BCUT2D eigenvalue weighted by molar-refractivity contribution is -0.118. The van der Waals surface area contributed by atoms with Gasteiger partial charge < -0.3 is 9.88 Å². The molecule has 1 N–H and O–H groups in total. The minimum absolute atomic E-state index is 0.149. The van der Waals surface area contributed by atoms with Crippen molar-refractivity contribution in [1.82, 2.24) is 9.55 Å². The summed E-state index contributed by atoms with van der Waals surface area (Å²) in [4.78, 5) is 17.5. The molecule has 0 radical (unpaired) electrons. The smallest absolute Gasteiger partial charge is 0.247 e. The first kappa shape index (κ1) is 19.4. The van der Waals surface area contributed by atoms with Crippen molar-refractivity contribution in [2.75, 3.05) is 21.9 Å². The van der Waals surface area contributed by atoms with Gasteiger partial charge in [-0.1, -0.05) is 19.1 Å². The topological polar surface area (TPSA) is 84.3 Å². The quantitative estimate of drug-likeness (QED) is 0.697. The molecule has 152 valence electrons. The summed E-state index contributed by atoms with van der Waals surface area (Å²) in [5.41, 5.74) is 3.06. The fraction of sp³-hybridized carbons (Fsp3) is 0.333. The second-order valence-electron chi connectivity index (χ2n) is 7.19. The number of fused-ring (bicyclic) bond motifs is 1. The third-order valence-corrected chi connectivity index (χ3v) is 7.14. The van der Waals surface area contributed by atoms with Crippen LogP contribution in [-0.4, -0.2) is 36.2 Å². The molecule has 2 aromatic carbocycles. The maximum Gasteiger partial charge on any atom is 0.247 e. The molecule has 4 rings (SSSR count). The Hall–Kier alpha value is -2.87. The van der Waals surface area contributed by atoms with E-state index in [9.17, 15) is 13.2 Å². The number of para-hydroxylation sites is 2. The summed E-state index contributed by atoms with van der Waals surface area (Å²) in [5.74, 6) is 0.898. The van der Waals surface area contributed by atoms with Crippen LogP contribution in [0.4, 0.5) is 11.4 Å². The molecule has 29 heavy (non-hydrogen) atoms. The average molecular weight is 413 g/mol. The number of carbonyl (C=O) groups is 1. The van der Waals surface area contributed by atoms with E-state index >= 15 is 0 Å². The zero-order valence-electron chi connectivity index (χ0n) is 16.5. The Morgan fingerprint density at radius 2 is 1.90 bits per heavy atom. The lowest BCUT2D eigenvalue weighted by Crippen LogP contribution is -2.26. The summed E-state index contributed by atoms with van der Waals surface area (Å²) in [5, 5.41) is 2.93. The van der Waals surface area contributed by atoms with Gasteiger partial charge in [0.05, 0.1) is 22.5 Å². The largest absolute Gasteiger partial charge is 0.324 e. The molecule has 1 atom stereocenters. The Bertz CT molecular complexity index is 1150. The first-order chi connectivity index (χ1) is 13.9. The van der Waals surface area contributed by atoms with E-state index in [1.54, 1.807) is 24.3 Å². The predicted octanol–water partition coefficient (Wildman–Crippen LogP) is 3.34. The van der Waals surface area contributed by atoms with E-state index in [-0.39, 0.29) is 11.7 Å². The standard InChI is InChI=1S/C21H24N4O3S/c1-3-20-23-18-7-4-5-8-19(18)25(20)15(2)21(26)22-16-9-11-17(12-10-16)24-13-6-14-29(24,27)28/h4-5,7-12,15H,3,6,13-14H2,1-2H3,(H,22,26)/t15-/m1/s1. The van der Waals surface area contributed by atoms with Crippen molar-refractivity contribution >= 4 is 38.3 Å². The summed E-state index contributed by atoms with van der Waals surface area (Å²) in [7, 11) is -3.21. The second kappa shape index (κ2) is 7.51. The highest BCUT2D eigenvalue weighted by atomic mass is 32.2. The molecule has 3 aromatic rings. The van der Waals surface area contributed by atoms with E-state index in [0.29, 0.717) is 24.3 Å². The van der Waals surface area contributed by atoms with Crippen LogP contribution in [0.5, 0.6) is 0 Å². The minimum atomic E-state index is -3.21. The number of aromatic nitrogens is 2. The summed E-state index contributed by atoms with van der Waals surface area (Å²) in [6, 6.07) is 14.3. The number of sulfonamides is 1. The van der Waals surface area contributed by atoms with Crippen LogP contribution in [0.15, 0.2) is 48.5 Å². The van der Waals surface area contributed by atoms with E-state index in [0.717, 1.165) is 23.3 Å². The van der Waals surface area contributed by atoms with Gasteiger partial charge in [-0.05, 0) is 49.7 Å². The highest BCUT2D eigenvalue weighted by molar-refractivity contribution is 7.93. The number of nitrogens with one attached hydrogen (secondary N) is 1. The molecule has 1 fully saturated rings. The normalized spacial score (nSPS) is 16.8. The Balaban J connectivity index is 1.54. The van der Waals surface area contributed by atoms with Crippen molar-refractivity contribution in [3.8, 4) is 0 Å². The van der Waals surface area contributed by atoms with Gasteiger partial charge in [0, 0.05) is 18.7 Å². The monoisotopic (exact) mass is 412 g/mol. The molecule has 1 aliphatic heterocycles. The van der Waals surface area contributed by atoms with Crippen molar-refractivity contribution in [2.24, 2.45) is 0 Å². The van der Waals surface area contributed by atoms with Crippen molar-refractivity contribution in [3.63, 3.8) is 0 Å². The first-order valence-corrected chi connectivity index (χ1v) is 11.4. The predicted molar refractivity (Wildman–Crippen MR) is 115 cm³/mol. The van der Waals surface area contributed by atoms with E-state index in [1.807, 2.05) is 42.7 Å². The molecule has 0 aliphatic carbocycles. The lowest BCUT2D eigenvalue weighted by Gasteiger charge is -2.19. The van der Waals surface area contributed by atoms with Crippen molar-refractivity contribution in [3.05, 3.63) is 54.4 Å². The number of rotatable bonds is 5. The Labute approximate surface area is 170 Å². The van der Waals surface area contributed by atoms with E-state index in [4.69, 9.17) is 0 Å². The average Bonchev–Trinajstić information content (AvgIpc) is 3.27. The Morgan fingerprint density at radius 3 is 2.55 bits per heavy atom. The van der Waals surface area contributed by atoms with Gasteiger partial charge in [-0.15, -0.1) is 0 Å². The molecule has 0 unspecified atom stereocenters. The van der Waals surface area contributed by atoms with Crippen molar-refractivity contribution in [2.45, 2.75) is 32.7 Å². The minimum Gasteiger partial charge on any atom is -0.324 e. The number of hydrogen-bond donors (Lipinski definition) is 1. The summed E-state index contributed by atoms with van der Waals surface area (Å²) < 4.78 is 27.5. The van der Waals surface area contributed by atoms with Crippen LogP contribution in [0.3, 0.4) is 0 Å². The van der Waals surface area contributed by atoms with E-state index in [1.165, 1.54) is 4.31 Å². The molecule has 0 bridgehead atoms. The molecule has 7 nitrogen and oxygen atoms in total. The van der Waals surface area contributed by atoms with Crippen LogP contribution in [0.2, 0.25) is 0 Å². The Morgan fingerprint density at radius 1 is 1.17 bits per heavy atom. The Kier molecular flexibility index (Phi) is 5.04. The molecule has 1 aromatic heterocycles. The van der Waals surface area contributed by atoms with E-state index in [2.05, 4.69) is 10.3 Å². The first-order valence-electron chi connectivity index (χ1n) is 9.78. The fourth-order valence-corrected chi connectivity index (χ4v) is 5.34. The molecule has 0 saturated carbocycles. The molecule has 1 amide bonds. The van der Waals surface area contributed by atoms with Gasteiger partial charge in [-0.25, -0.2) is 13.4 Å². The second-order valence-corrected chi connectivity index (χ2v) is 9.21. The van der Waals surface area contributed by atoms with Crippen LogP contribution in [0, 0.1) is 0 Å². The number of nitrogens with zero attached hydrogens (tertiary/aromatic N) is 3. The van der Waals surface area contributed by atoms with E-state index < -0.39 is 16.1 Å². The van der Waals surface area contributed by atoms with Gasteiger partial charge in [0.15, 0.2) is 0 Å². The number of anilines is 2. The third-order valence-electron chi connectivity index (χ3n) is 5.27. The van der Waals surface area contributed by atoms with Crippen molar-refractivity contribution < 1.29 is 13.2 Å². The van der Waals surface area contributed by atoms with Crippen LogP contribution in [-0.2, 0) is 21.2 Å². The molecule has 0 spiro atoms.